The van der Waals surface area contributed by atoms with Crippen LogP contribution in [-0.4, -0.2) is 54.8 Å². The molecule has 0 aliphatic heterocycles. The average Bonchev–Trinajstić information content (AvgIpc) is 2.91. The lowest BCUT2D eigenvalue weighted by Gasteiger charge is -2.51. The molecule has 3 rings (SSSR count). The minimum atomic E-state index is -1.76. The van der Waals surface area contributed by atoms with E-state index >= 15 is 0 Å². The highest BCUT2D eigenvalue weighted by molar-refractivity contribution is 6.31. The van der Waals surface area contributed by atoms with Gasteiger partial charge in [-0.1, -0.05) is 48.9 Å². The summed E-state index contributed by atoms with van der Waals surface area (Å²) in [5.41, 5.74) is 1.49. The second kappa shape index (κ2) is 14.5. The molecule has 2 aromatic carbocycles. The molecule has 11 heteroatoms. The number of carbonyl (C=O) groups is 5. The van der Waals surface area contributed by atoms with Gasteiger partial charge in [0.25, 0.3) is 0 Å². The fourth-order valence-corrected chi connectivity index (χ4v) is 5.73. The fourth-order valence-electron chi connectivity index (χ4n) is 5.54. The minimum Gasteiger partial charge on any atom is -0.465 e. The normalized spacial score (nSPS) is 23.0. The van der Waals surface area contributed by atoms with Gasteiger partial charge in [-0.2, -0.15) is 0 Å². The summed E-state index contributed by atoms with van der Waals surface area (Å²) in [6.45, 7) is 7.56. The molecule has 2 aromatic rings. The first kappa shape index (κ1) is 33.6. The van der Waals surface area contributed by atoms with Crippen LogP contribution in [0.4, 0.5) is 0 Å². The van der Waals surface area contributed by atoms with Crippen LogP contribution in [0, 0.1) is 5.92 Å². The lowest BCUT2D eigenvalue weighted by molar-refractivity contribution is -0.245. The summed E-state index contributed by atoms with van der Waals surface area (Å²) in [5.74, 6) is -4.61. The smallest absolute Gasteiger partial charge is 0.303 e. The van der Waals surface area contributed by atoms with Crippen molar-refractivity contribution in [3.63, 3.8) is 0 Å². The molecule has 0 aromatic heterocycles. The van der Waals surface area contributed by atoms with Gasteiger partial charge in [0, 0.05) is 46.1 Å². The zero-order chi connectivity index (χ0) is 31.9. The van der Waals surface area contributed by atoms with Gasteiger partial charge < -0.3 is 23.7 Å². The first-order valence-electron chi connectivity index (χ1n) is 14.0. The molecule has 0 radical (unpaired) electrons. The molecular weight excluding hydrogens is 580 g/mol. The molecule has 1 fully saturated rings. The van der Waals surface area contributed by atoms with Crippen molar-refractivity contribution in [1.29, 1.82) is 0 Å². The van der Waals surface area contributed by atoms with Crippen molar-refractivity contribution < 1.29 is 47.7 Å². The molecule has 5 atom stereocenters. The third-order valence-electron chi connectivity index (χ3n) is 7.22. The highest BCUT2D eigenvalue weighted by Crippen LogP contribution is 2.48. The average molecular weight is 617 g/mol. The third-order valence-corrected chi connectivity index (χ3v) is 7.59. The maximum atomic E-state index is 12.7. The van der Waals surface area contributed by atoms with E-state index in [9.17, 15) is 24.0 Å². The predicted molar refractivity (Wildman–Crippen MR) is 155 cm³/mol. The van der Waals surface area contributed by atoms with Gasteiger partial charge in [0.05, 0.1) is 5.92 Å². The quantitative estimate of drug-likeness (QED) is 0.275. The Kier molecular flexibility index (Phi) is 11.3. The molecule has 0 unspecified atom stereocenters. The topological polar surface area (TPSA) is 132 Å². The first-order valence-corrected chi connectivity index (χ1v) is 14.3. The SMILES string of the molecule is CCc1ccc(Cc2cc([C@]3(OC(C)=O)C[C@@H](OC(C)=O)[C@H](OC(C)=O)[C@H](COC(C)=O)[C@H]3OC(C)=O)ccc2Cl)cc1. The summed E-state index contributed by atoms with van der Waals surface area (Å²) in [6, 6.07) is 13.1. The largest absolute Gasteiger partial charge is 0.465 e. The van der Waals surface area contributed by atoms with Crippen molar-refractivity contribution in [3.8, 4) is 0 Å². The van der Waals surface area contributed by atoms with Gasteiger partial charge in [-0.15, -0.1) is 0 Å². The van der Waals surface area contributed by atoms with Crippen LogP contribution in [0.3, 0.4) is 0 Å². The van der Waals surface area contributed by atoms with Crippen LogP contribution in [0.25, 0.3) is 0 Å². The maximum Gasteiger partial charge on any atom is 0.303 e. The number of esters is 5. The fraction of sp³-hybridized carbons (Fsp3) is 0.469. The van der Waals surface area contributed by atoms with Crippen molar-refractivity contribution in [2.24, 2.45) is 5.92 Å². The number of carbonyl (C=O) groups excluding carboxylic acids is 5. The van der Waals surface area contributed by atoms with Gasteiger partial charge in [0.15, 0.2) is 11.7 Å². The second-order valence-electron chi connectivity index (χ2n) is 10.6. The van der Waals surface area contributed by atoms with Gasteiger partial charge in [0.1, 0.15) is 18.8 Å². The van der Waals surface area contributed by atoms with Crippen LogP contribution < -0.4 is 0 Å². The highest BCUT2D eigenvalue weighted by Gasteiger charge is 2.61. The summed E-state index contributed by atoms with van der Waals surface area (Å²) < 4.78 is 28.3. The Hall–Kier alpha value is -3.92. The molecule has 0 spiro atoms. The summed E-state index contributed by atoms with van der Waals surface area (Å²) in [6.07, 6.45) is -2.63. The van der Waals surface area contributed by atoms with Gasteiger partial charge in [-0.3, -0.25) is 24.0 Å². The molecule has 1 aliphatic rings. The number of aryl methyl sites for hydroxylation is 1. The van der Waals surface area contributed by atoms with Crippen LogP contribution in [0.2, 0.25) is 5.02 Å². The third kappa shape index (κ3) is 8.56. The number of benzene rings is 2. The Morgan fingerprint density at radius 3 is 1.93 bits per heavy atom. The molecule has 43 heavy (non-hydrogen) atoms. The van der Waals surface area contributed by atoms with Crippen molar-refractivity contribution >= 4 is 41.4 Å². The molecule has 0 bridgehead atoms. The van der Waals surface area contributed by atoms with E-state index in [0.29, 0.717) is 22.6 Å². The minimum absolute atomic E-state index is 0.245. The van der Waals surface area contributed by atoms with Crippen molar-refractivity contribution in [2.75, 3.05) is 6.61 Å². The van der Waals surface area contributed by atoms with Crippen LogP contribution in [-0.2, 0) is 66.1 Å². The Labute approximate surface area is 255 Å². The molecular formula is C32H37ClO10. The van der Waals surface area contributed by atoms with Crippen LogP contribution in [0.1, 0.15) is 70.2 Å². The molecule has 0 N–H and O–H groups in total. The zero-order valence-electron chi connectivity index (χ0n) is 25.1. The van der Waals surface area contributed by atoms with Crippen molar-refractivity contribution in [2.45, 2.75) is 84.7 Å². The van der Waals surface area contributed by atoms with E-state index in [1.807, 2.05) is 24.3 Å². The number of ether oxygens (including phenoxy) is 5. The summed E-state index contributed by atoms with van der Waals surface area (Å²) in [5, 5.41) is 0.451. The van der Waals surface area contributed by atoms with Gasteiger partial charge in [-0.05, 0) is 47.2 Å². The summed E-state index contributed by atoms with van der Waals surface area (Å²) in [7, 11) is 0. The van der Waals surface area contributed by atoms with Crippen LogP contribution in [0.5, 0.6) is 0 Å². The molecule has 1 saturated carbocycles. The maximum absolute atomic E-state index is 12.7. The molecule has 0 heterocycles. The Morgan fingerprint density at radius 2 is 1.40 bits per heavy atom. The van der Waals surface area contributed by atoms with E-state index in [2.05, 4.69) is 6.92 Å². The monoisotopic (exact) mass is 616 g/mol. The lowest BCUT2D eigenvalue weighted by Crippen LogP contribution is -2.63. The molecule has 0 saturated heterocycles. The predicted octanol–water partition coefficient (Wildman–Crippen LogP) is 4.63. The van der Waals surface area contributed by atoms with E-state index in [1.165, 1.54) is 40.2 Å². The standard InChI is InChI=1S/C32H37ClO10/c1-7-23-8-10-24(11-9-23)14-25-15-26(12-13-28(25)33)32(43-22(6)38)16-29(40-19(3)35)30(41-20(4)36)27(17-39-18(2)34)31(32)42-21(5)37/h8-13,15,27,29-31H,7,14,16-17H2,1-6H3/t27-,29+,30+,31+,32+/m0/s1. The molecule has 232 valence electrons. The van der Waals surface area contributed by atoms with Crippen molar-refractivity contribution in [1.82, 2.24) is 0 Å². The Bertz CT molecular complexity index is 1350. The Morgan fingerprint density at radius 1 is 0.791 bits per heavy atom. The number of hydrogen-bond acceptors (Lipinski definition) is 10. The zero-order valence-corrected chi connectivity index (χ0v) is 25.9. The number of halogens is 1. The van der Waals surface area contributed by atoms with Gasteiger partial charge in [-0.25, -0.2) is 0 Å². The molecule has 0 amide bonds. The highest BCUT2D eigenvalue weighted by atomic mass is 35.5. The first-order chi connectivity index (χ1) is 20.2. The van der Waals surface area contributed by atoms with Gasteiger partial charge >= 0.3 is 29.8 Å². The van der Waals surface area contributed by atoms with E-state index < -0.39 is 66.3 Å². The van der Waals surface area contributed by atoms with Crippen LogP contribution in [0.15, 0.2) is 42.5 Å². The number of rotatable bonds is 10. The van der Waals surface area contributed by atoms with Crippen LogP contribution >= 0.6 is 11.6 Å². The molecule has 10 nitrogen and oxygen atoms in total. The molecule has 1 aliphatic carbocycles. The summed E-state index contributed by atoms with van der Waals surface area (Å²) >= 11 is 6.63. The van der Waals surface area contributed by atoms with E-state index in [1.54, 1.807) is 18.2 Å². The van der Waals surface area contributed by atoms with E-state index in [0.717, 1.165) is 12.0 Å². The van der Waals surface area contributed by atoms with E-state index in [-0.39, 0.29) is 6.42 Å². The second-order valence-corrected chi connectivity index (χ2v) is 11.0. The summed E-state index contributed by atoms with van der Waals surface area (Å²) in [4.78, 5) is 61.5. The van der Waals surface area contributed by atoms with Crippen molar-refractivity contribution in [3.05, 3.63) is 69.7 Å². The number of hydrogen-bond donors (Lipinski definition) is 0. The lowest BCUT2D eigenvalue weighted by atomic mass is 9.68. The Balaban J connectivity index is 2.26. The van der Waals surface area contributed by atoms with Gasteiger partial charge in [0.2, 0.25) is 0 Å². The van der Waals surface area contributed by atoms with E-state index in [4.69, 9.17) is 35.3 Å².